The molecule has 115 valence electrons. The van der Waals surface area contributed by atoms with Crippen molar-refractivity contribution in [1.82, 2.24) is 14.9 Å². The van der Waals surface area contributed by atoms with E-state index in [1.165, 1.54) is 36.3 Å². The van der Waals surface area contributed by atoms with Crippen molar-refractivity contribution in [1.29, 1.82) is 0 Å². The Morgan fingerprint density at radius 1 is 1.41 bits per heavy atom. The lowest BCUT2D eigenvalue weighted by Gasteiger charge is -2.23. The van der Waals surface area contributed by atoms with Crippen LogP contribution in [0.3, 0.4) is 0 Å². The van der Waals surface area contributed by atoms with Crippen LogP contribution in [0, 0.1) is 0 Å². The number of primary amides is 2. The van der Waals surface area contributed by atoms with E-state index in [2.05, 4.69) is 15.5 Å². The van der Waals surface area contributed by atoms with Gasteiger partial charge in [-0.05, 0) is 5.41 Å². The molecule has 9 nitrogen and oxygen atoms in total. The van der Waals surface area contributed by atoms with Crippen molar-refractivity contribution in [2.24, 2.45) is 11.5 Å². The molecule has 0 aromatic carbocycles. The molecule has 2 unspecified atom stereocenters. The van der Waals surface area contributed by atoms with Crippen molar-refractivity contribution in [3.05, 3.63) is 17.9 Å². The quantitative estimate of drug-likeness (QED) is 0.597. The van der Waals surface area contributed by atoms with Crippen molar-refractivity contribution < 1.29 is 14.3 Å². The first kappa shape index (κ1) is 14.7. The molecule has 3 heterocycles. The van der Waals surface area contributed by atoms with Crippen molar-refractivity contribution in [2.45, 2.75) is 9.73 Å². The monoisotopic (exact) mass is 339 g/mol. The van der Waals surface area contributed by atoms with E-state index < -0.39 is 27.3 Å². The topological polar surface area (TPSA) is 128 Å². The highest BCUT2D eigenvalue weighted by Gasteiger charge is 2.40. The number of ether oxygens (including phenoxy) is 1. The lowest BCUT2D eigenvalue weighted by Crippen LogP contribution is -2.39. The van der Waals surface area contributed by atoms with Crippen molar-refractivity contribution in [2.75, 3.05) is 12.0 Å². The van der Waals surface area contributed by atoms with Crippen LogP contribution in [0.1, 0.15) is 0 Å². The zero-order valence-electron chi connectivity index (χ0n) is 11.3. The molecule has 1 radical (unpaired) electrons. The van der Waals surface area contributed by atoms with Gasteiger partial charge in [-0.15, -0.1) is 0 Å². The van der Waals surface area contributed by atoms with Crippen LogP contribution in [-0.2, 0) is 0 Å². The smallest absolute Gasteiger partial charge is 0.323 e. The van der Waals surface area contributed by atoms with E-state index in [1.807, 2.05) is 0 Å². The van der Waals surface area contributed by atoms with Crippen molar-refractivity contribution in [3.8, 4) is 5.88 Å². The molecular formula is C11H11N6O3S2. The largest absolute Gasteiger partial charge is 0.479 e. The van der Waals surface area contributed by atoms with Gasteiger partial charge in [-0.1, -0.05) is 22.2 Å². The van der Waals surface area contributed by atoms with E-state index in [4.69, 9.17) is 16.2 Å². The number of carbonyl (C=O) groups is 2. The number of anilines is 1. The zero-order valence-corrected chi connectivity index (χ0v) is 12.9. The Morgan fingerprint density at radius 2 is 2.18 bits per heavy atom. The predicted molar refractivity (Wildman–Crippen MR) is 83.5 cm³/mol. The minimum Gasteiger partial charge on any atom is -0.479 e. The molecule has 22 heavy (non-hydrogen) atoms. The van der Waals surface area contributed by atoms with Crippen LogP contribution >= 0.6 is 22.2 Å². The van der Waals surface area contributed by atoms with Crippen molar-refractivity contribution in [3.63, 3.8) is 0 Å². The third-order valence-electron chi connectivity index (χ3n) is 2.87. The number of methoxy groups -OCH3 is 1. The Hall–Kier alpha value is -2.27. The third-order valence-corrected chi connectivity index (χ3v) is 6.18. The summed E-state index contributed by atoms with van der Waals surface area (Å²) >= 11 is 1.33. The molecule has 0 saturated carbocycles. The highest BCUT2D eigenvalue weighted by atomic mass is 32.2. The van der Waals surface area contributed by atoms with Gasteiger partial charge in [0.1, 0.15) is 27.2 Å². The lowest BCUT2D eigenvalue weighted by molar-refractivity contribution is 0.240. The second kappa shape index (κ2) is 5.50. The number of nitrogens with two attached hydrogens (primary N) is 2. The summed E-state index contributed by atoms with van der Waals surface area (Å²) < 4.78 is 4.76. The van der Waals surface area contributed by atoms with E-state index in [-0.39, 0.29) is 5.88 Å². The molecule has 0 aliphatic carbocycles. The molecule has 0 fully saturated rings. The summed E-state index contributed by atoms with van der Waals surface area (Å²) in [6, 6.07) is -1.31. The molecule has 2 aliphatic rings. The van der Waals surface area contributed by atoms with Gasteiger partial charge in [-0.2, -0.15) is 4.98 Å². The zero-order chi connectivity index (χ0) is 15.9. The Bertz CT molecular complexity index is 722. The highest BCUT2D eigenvalue weighted by molar-refractivity contribution is 8.28. The summed E-state index contributed by atoms with van der Waals surface area (Å²) in [5.74, 6) is 0.261. The fourth-order valence-electron chi connectivity index (χ4n) is 1.95. The Balaban J connectivity index is 2.02. The standard InChI is InChI=1S/C11H11N6O3S2/c1-20-7-6-8(15-4-14-7)21-11(17(6)10(13)19)22-3-2-16(5-22)9(12)18/h2-4,11H,1H3,(H2,12,18)(H2,13,19). The van der Waals surface area contributed by atoms with E-state index in [0.29, 0.717) is 10.7 Å². The van der Waals surface area contributed by atoms with Crippen LogP contribution in [0.2, 0.25) is 0 Å². The number of amides is 4. The predicted octanol–water partition coefficient (Wildman–Crippen LogP) is 0.531. The molecule has 4 N–H and O–H groups in total. The van der Waals surface area contributed by atoms with Gasteiger partial charge in [0, 0.05) is 6.20 Å². The summed E-state index contributed by atoms with van der Waals surface area (Å²) in [6.45, 7) is 0. The molecule has 4 amide bonds. The Kier molecular flexibility index (Phi) is 3.66. The minimum atomic E-state index is -0.681. The number of rotatable bonds is 2. The van der Waals surface area contributed by atoms with Gasteiger partial charge in [0.2, 0.25) is 5.88 Å². The SMILES string of the molecule is COc1ncnc2c1N(C(N)=O)C(S1=[C]N(C(N)=O)C=C1)S2. The highest BCUT2D eigenvalue weighted by Crippen LogP contribution is 2.52. The average Bonchev–Trinajstić information content (AvgIpc) is 3.10. The summed E-state index contributed by atoms with van der Waals surface area (Å²) in [5.41, 5.74) is 14.0. The number of urea groups is 2. The Labute approximate surface area is 132 Å². The molecule has 11 heteroatoms. The fraction of sp³-hybridized carbons (Fsp3) is 0.182. The fourth-order valence-corrected chi connectivity index (χ4v) is 5.23. The number of carbonyl (C=O) groups excluding carboxylic acids is 2. The molecule has 1 aromatic rings. The van der Waals surface area contributed by atoms with Gasteiger partial charge in [-0.25, -0.2) is 14.6 Å². The van der Waals surface area contributed by atoms with E-state index in [1.54, 1.807) is 5.41 Å². The first-order chi connectivity index (χ1) is 10.5. The van der Waals surface area contributed by atoms with Gasteiger partial charge in [0.05, 0.1) is 7.11 Å². The van der Waals surface area contributed by atoms with Gasteiger partial charge in [-0.3, -0.25) is 9.80 Å². The van der Waals surface area contributed by atoms with Crippen molar-refractivity contribution >= 4 is 45.5 Å². The van der Waals surface area contributed by atoms with Crippen LogP contribution < -0.4 is 21.1 Å². The van der Waals surface area contributed by atoms with Crippen LogP contribution in [-0.4, -0.2) is 44.2 Å². The Morgan fingerprint density at radius 3 is 2.77 bits per heavy atom. The average molecular weight is 339 g/mol. The number of thioether (sulfide) groups is 1. The molecule has 2 atom stereocenters. The summed E-state index contributed by atoms with van der Waals surface area (Å²) in [5, 5.41) is 2.32. The normalized spacial score (nSPS) is 22.4. The molecule has 1 aromatic heterocycles. The molecular weight excluding hydrogens is 328 g/mol. The number of aromatic nitrogens is 2. The first-order valence-corrected chi connectivity index (χ1v) is 8.15. The van der Waals surface area contributed by atoms with Gasteiger partial charge in [0.15, 0.2) is 0 Å². The molecule has 2 aliphatic heterocycles. The number of hydrogen-bond acceptors (Lipinski definition) is 6. The summed E-state index contributed by atoms with van der Waals surface area (Å²) in [6.07, 6.45) is 2.86. The summed E-state index contributed by atoms with van der Waals surface area (Å²) in [4.78, 5) is 33.7. The van der Waals surface area contributed by atoms with Gasteiger partial charge >= 0.3 is 12.1 Å². The third kappa shape index (κ3) is 2.27. The maximum Gasteiger partial charge on any atom is 0.323 e. The van der Waals surface area contributed by atoms with Crippen LogP contribution in [0.5, 0.6) is 5.88 Å². The maximum absolute atomic E-state index is 11.9. The number of hydrogen-bond donors (Lipinski definition) is 2. The second-order valence-corrected chi connectivity index (χ2v) is 7.14. The molecule has 0 saturated heterocycles. The van der Waals surface area contributed by atoms with E-state index in [9.17, 15) is 9.59 Å². The number of fused-ring (bicyclic) bond motifs is 1. The molecule has 0 bridgehead atoms. The maximum atomic E-state index is 11.9. The second-order valence-electron chi connectivity index (χ2n) is 4.13. The number of nitrogens with zero attached hydrogens (tertiary/aromatic N) is 4. The van der Waals surface area contributed by atoms with E-state index in [0.717, 1.165) is 4.90 Å². The molecule has 3 rings (SSSR count). The lowest BCUT2D eigenvalue weighted by atomic mass is 10.4. The van der Waals surface area contributed by atoms with Crippen LogP contribution in [0.15, 0.2) is 23.0 Å². The van der Waals surface area contributed by atoms with Gasteiger partial charge in [0.25, 0.3) is 0 Å². The molecule has 0 spiro atoms. The van der Waals surface area contributed by atoms with Crippen LogP contribution in [0.4, 0.5) is 15.3 Å². The van der Waals surface area contributed by atoms with E-state index >= 15 is 0 Å². The minimum absolute atomic E-state index is 0.261. The van der Waals surface area contributed by atoms with Gasteiger partial charge < -0.3 is 16.2 Å². The summed E-state index contributed by atoms with van der Waals surface area (Å²) in [7, 11) is 0.768. The first-order valence-electron chi connectivity index (χ1n) is 5.92. The van der Waals surface area contributed by atoms with Crippen LogP contribution in [0.25, 0.3) is 0 Å².